The van der Waals surface area contributed by atoms with Crippen LogP contribution in [0.1, 0.15) is 24.3 Å². The van der Waals surface area contributed by atoms with E-state index in [1.165, 1.54) is 11.3 Å². The largest absolute Gasteiger partial charge is 0.467 e. The fraction of sp³-hybridized carbons (Fsp3) is 0.320. The molecule has 0 N–H and O–H groups in total. The minimum Gasteiger partial charge on any atom is -0.467 e. The number of furan rings is 1. The van der Waals surface area contributed by atoms with Crippen LogP contribution in [0.4, 0.5) is 0 Å². The van der Waals surface area contributed by atoms with E-state index in [0.717, 1.165) is 23.1 Å². The highest BCUT2D eigenvalue weighted by atomic mass is 32.1. The molecule has 0 aliphatic carbocycles. The lowest BCUT2D eigenvalue weighted by atomic mass is 10.0. The second-order valence-electron chi connectivity index (χ2n) is 8.71. The second kappa shape index (κ2) is 8.41. The molecule has 4 aromatic heterocycles. The van der Waals surface area contributed by atoms with Crippen molar-refractivity contribution in [3.63, 3.8) is 0 Å². The fourth-order valence-electron chi connectivity index (χ4n) is 4.79. The van der Waals surface area contributed by atoms with E-state index in [4.69, 9.17) is 14.1 Å². The molecule has 0 saturated carbocycles. The van der Waals surface area contributed by atoms with E-state index in [9.17, 15) is 9.59 Å². The zero-order valence-electron chi connectivity index (χ0n) is 18.8. The van der Waals surface area contributed by atoms with Gasteiger partial charge in [0.05, 0.1) is 33.9 Å². The van der Waals surface area contributed by atoms with Gasteiger partial charge in [0.1, 0.15) is 5.76 Å². The summed E-state index contributed by atoms with van der Waals surface area (Å²) >= 11 is 1.48. The molecule has 1 aliphatic rings. The van der Waals surface area contributed by atoms with Gasteiger partial charge < -0.3 is 13.7 Å². The Bertz CT molecular complexity index is 1570. The lowest BCUT2D eigenvalue weighted by Crippen LogP contribution is -2.26. The summed E-state index contributed by atoms with van der Waals surface area (Å²) < 4.78 is 17.2. The summed E-state index contributed by atoms with van der Waals surface area (Å²) in [5.74, 6) is 1.02. The Balaban J connectivity index is 1.58. The molecule has 8 nitrogen and oxygen atoms in total. The predicted octanol–water partition coefficient (Wildman–Crippen LogP) is 3.94. The van der Waals surface area contributed by atoms with Gasteiger partial charge in [-0.1, -0.05) is 23.5 Å². The van der Waals surface area contributed by atoms with E-state index in [1.54, 1.807) is 27.6 Å². The molecule has 0 spiro atoms. The monoisotopic (exact) mass is 476 g/mol. The number of rotatable bonds is 5. The highest BCUT2D eigenvalue weighted by Gasteiger charge is 2.24. The minimum atomic E-state index is -0.163. The Kier molecular flexibility index (Phi) is 5.23. The first-order valence-corrected chi connectivity index (χ1v) is 12.2. The number of thiazole rings is 1. The molecular weight excluding hydrogens is 452 g/mol. The van der Waals surface area contributed by atoms with Crippen LogP contribution in [-0.2, 0) is 17.8 Å². The van der Waals surface area contributed by atoms with Crippen molar-refractivity contribution in [2.24, 2.45) is 5.92 Å². The maximum Gasteiger partial charge on any atom is 0.283 e. The number of hydrogen-bond acceptors (Lipinski definition) is 6. The van der Waals surface area contributed by atoms with Crippen molar-refractivity contribution in [3.05, 3.63) is 80.9 Å². The molecule has 0 atom stereocenters. The molecule has 0 bridgehead atoms. The third-order valence-electron chi connectivity index (χ3n) is 6.60. The van der Waals surface area contributed by atoms with Crippen LogP contribution < -0.4 is 11.1 Å². The molecule has 34 heavy (non-hydrogen) atoms. The molecule has 6 rings (SSSR count). The molecule has 1 fully saturated rings. The van der Waals surface area contributed by atoms with Crippen molar-refractivity contribution >= 4 is 32.5 Å². The fourth-order valence-corrected chi connectivity index (χ4v) is 5.77. The average Bonchev–Trinajstić information content (AvgIpc) is 3.56. The van der Waals surface area contributed by atoms with Crippen LogP contribution in [0.15, 0.2) is 62.7 Å². The molecule has 1 saturated heterocycles. The maximum absolute atomic E-state index is 13.9. The van der Waals surface area contributed by atoms with Crippen LogP contribution in [0.5, 0.6) is 0 Å². The minimum absolute atomic E-state index is 0.160. The zero-order chi connectivity index (χ0) is 23.2. The Hall–Kier alpha value is -3.43. The number of nitrogens with zero attached hydrogens (tertiary/aromatic N) is 4. The summed E-state index contributed by atoms with van der Waals surface area (Å²) in [4.78, 5) is 31.9. The van der Waals surface area contributed by atoms with Crippen molar-refractivity contribution < 1.29 is 9.15 Å². The molecule has 0 unspecified atom stereocenters. The number of fused-ring (bicyclic) bond motifs is 2. The van der Waals surface area contributed by atoms with Gasteiger partial charge >= 0.3 is 0 Å². The summed E-state index contributed by atoms with van der Waals surface area (Å²) in [6.07, 6.45) is 3.42. The molecule has 5 aromatic rings. The Morgan fingerprint density at radius 1 is 1.12 bits per heavy atom. The Morgan fingerprint density at radius 2 is 1.94 bits per heavy atom. The third kappa shape index (κ3) is 3.52. The molecule has 0 amide bonds. The first-order valence-electron chi connectivity index (χ1n) is 11.4. The number of hydrogen-bond donors (Lipinski definition) is 0. The van der Waals surface area contributed by atoms with Gasteiger partial charge in [-0.2, -0.15) is 4.68 Å². The molecule has 5 heterocycles. The lowest BCUT2D eigenvalue weighted by molar-refractivity contribution is 0.0599. The number of aryl methyl sites for hydroxylation is 1. The molecule has 0 radical (unpaired) electrons. The summed E-state index contributed by atoms with van der Waals surface area (Å²) in [7, 11) is 0. The summed E-state index contributed by atoms with van der Waals surface area (Å²) in [5.41, 5.74) is 1.81. The number of ether oxygens (including phenoxy) is 1. The first-order chi connectivity index (χ1) is 16.6. The van der Waals surface area contributed by atoms with Crippen LogP contribution in [0.2, 0.25) is 0 Å². The summed E-state index contributed by atoms with van der Waals surface area (Å²) in [6, 6.07) is 13.1. The van der Waals surface area contributed by atoms with Crippen LogP contribution >= 0.6 is 11.3 Å². The number of para-hydroxylation sites is 1. The van der Waals surface area contributed by atoms with E-state index in [2.05, 4.69) is 0 Å². The lowest BCUT2D eigenvalue weighted by Gasteiger charge is -2.23. The van der Waals surface area contributed by atoms with E-state index < -0.39 is 0 Å². The molecule has 1 aliphatic heterocycles. The van der Waals surface area contributed by atoms with Crippen molar-refractivity contribution in [2.45, 2.75) is 32.9 Å². The highest BCUT2D eigenvalue weighted by molar-refractivity contribution is 7.20. The number of aromatic nitrogens is 4. The van der Waals surface area contributed by atoms with Crippen molar-refractivity contribution in [2.75, 3.05) is 13.2 Å². The van der Waals surface area contributed by atoms with Crippen LogP contribution in [0, 0.1) is 12.8 Å². The average molecular weight is 477 g/mol. The van der Waals surface area contributed by atoms with E-state index in [-0.39, 0.29) is 17.7 Å². The normalized spacial score (nSPS) is 15.0. The van der Waals surface area contributed by atoms with Gasteiger partial charge in [-0.15, -0.1) is 0 Å². The molecule has 174 valence electrons. The number of benzene rings is 1. The Morgan fingerprint density at radius 3 is 2.71 bits per heavy atom. The van der Waals surface area contributed by atoms with E-state index in [1.807, 2.05) is 41.9 Å². The maximum atomic E-state index is 13.9. The zero-order valence-corrected chi connectivity index (χ0v) is 19.6. The summed E-state index contributed by atoms with van der Waals surface area (Å²) in [6.45, 7) is 4.16. The van der Waals surface area contributed by atoms with Gasteiger partial charge in [0.15, 0.2) is 0 Å². The van der Waals surface area contributed by atoms with E-state index >= 15 is 0 Å². The van der Waals surface area contributed by atoms with Crippen molar-refractivity contribution in [1.29, 1.82) is 0 Å². The highest BCUT2D eigenvalue weighted by Crippen LogP contribution is 2.27. The van der Waals surface area contributed by atoms with Crippen LogP contribution in [-0.4, -0.2) is 32.1 Å². The Labute approximate surface area is 198 Å². The molecule has 9 heteroatoms. The van der Waals surface area contributed by atoms with Gasteiger partial charge in [0.25, 0.3) is 11.1 Å². The quantitative estimate of drug-likeness (QED) is 0.384. The van der Waals surface area contributed by atoms with Gasteiger partial charge in [-0.3, -0.25) is 14.3 Å². The smallest absolute Gasteiger partial charge is 0.283 e. The number of pyridine rings is 1. The third-order valence-corrected chi connectivity index (χ3v) is 7.62. The van der Waals surface area contributed by atoms with Crippen molar-refractivity contribution in [1.82, 2.24) is 18.9 Å². The standard InChI is InChI=1S/C25H24N4O4S/c1-16-23-20(13-22(30)27(16)15-18-5-4-10-33-18)28(14-17-8-11-32-12-9-17)29(24(23)31)25-26-19-6-2-3-7-21(19)34-25/h2-7,10,13,17H,8-9,11-12,14-15H2,1H3. The van der Waals surface area contributed by atoms with Gasteiger partial charge in [0, 0.05) is 31.5 Å². The van der Waals surface area contributed by atoms with Crippen LogP contribution in [0.3, 0.4) is 0 Å². The van der Waals surface area contributed by atoms with E-state index in [0.29, 0.717) is 53.2 Å². The topological polar surface area (TPSA) is 84.2 Å². The second-order valence-corrected chi connectivity index (χ2v) is 9.72. The van der Waals surface area contributed by atoms with Gasteiger partial charge in [0.2, 0.25) is 5.13 Å². The van der Waals surface area contributed by atoms with Gasteiger partial charge in [-0.25, -0.2) is 4.98 Å². The molecule has 1 aromatic carbocycles. The van der Waals surface area contributed by atoms with Gasteiger partial charge in [-0.05, 0) is 49.9 Å². The summed E-state index contributed by atoms with van der Waals surface area (Å²) in [5, 5.41) is 1.15. The van der Waals surface area contributed by atoms with Crippen LogP contribution in [0.25, 0.3) is 26.3 Å². The van der Waals surface area contributed by atoms with Crippen molar-refractivity contribution in [3.8, 4) is 5.13 Å². The SMILES string of the molecule is Cc1c2c(=O)n(-c3nc4ccccc4s3)n(CC3CCOCC3)c2cc(=O)n1Cc1ccco1. The predicted molar refractivity (Wildman–Crippen MR) is 131 cm³/mol. The first kappa shape index (κ1) is 21.1. The molecular formula is C25H24N4O4S.